The number of rotatable bonds is 6. The number of aliphatic carboxylic acids is 1. The average Bonchev–Trinajstić information content (AvgIpc) is 2.85. The second-order valence-corrected chi connectivity index (χ2v) is 9.18. The van der Waals surface area contributed by atoms with Gasteiger partial charge in [-0.3, -0.25) is 14.2 Å². The van der Waals surface area contributed by atoms with Crippen molar-refractivity contribution in [3.8, 4) is 11.8 Å². The molecule has 2 aromatic carbocycles. The molecule has 0 spiro atoms. The third-order valence-corrected chi connectivity index (χ3v) is 6.62. The van der Waals surface area contributed by atoms with Crippen LogP contribution >= 0.6 is 11.6 Å². The van der Waals surface area contributed by atoms with Gasteiger partial charge in [-0.2, -0.15) is 18.4 Å². The van der Waals surface area contributed by atoms with E-state index in [1.807, 2.05) is 0 Å². The van der Waals surface area contributed by atoms with E-state index in [4.69, 9.17) is 16.3 Å². The molecule has 4 rings (SSSR count). The van der Waals surface area contributed by atoms with E-state index in [1.165, 1.54) is 11.5 Å². The maximum Gasteiger partial charge on any atom is 0.416 e. The minimum atomic E-state index is -4.69. The lowest BCUT2D eigenvalue weighted by Gasteiger charge is -2.29. The molecule has 2 atom stereocenters. The van der Waals surface area contributed by atoms with Crippen LogP contribution in [0.2, 0.25) is 5.02 Å². The molecule has 2 N–H and O–H groups in total. The van der Waals surface area contributed by atoms with Crippen LogP contribution in [0.1, 0.15) is 41.3 Å². The van der Waals surface area contributed by atoms with Crippen LogP contribution in [0.25, 0.3) is 10.9 Å². The van der Waals surface area contributed by atoms with Gasteiger partial charge in [-0.25, -0.2) is 4.98 Å². The van der Waals surface area contributed by atoms with Crippen LogP contribution in [0.5, 0.6) is 5.75 Å². The molecular weight excluding hydrogens is 513 g/mol. The first-order valence-corrected chi connectivity index (χ1v) is 11.8. The molecule has 2 unspecified atom stereocenters. The number of halogens is 4. The van der Waals surface area contributed by atoms with E-state index in [-0.39, 0.29) is 35.8 Å². The fourth-order valence-electron chi connectivity index (χ4n) is 4.58. The number of carboxylic acid groups (broad SMARTS) is 1. The number of piperidine rings is 1. The molecule has 1 aliphatic heterocycles. The monoisotopic (exact) mass is 534 g/mol. The molecule has 0 amide bonds. The number of alkyl halides is 3. The third kappa shape index (κ3) is 5.55. The Morgan fingerprint density at radius 1 is 1.35 bits per heavy atom. The van der Waals surface area contributed by atoms with E-state index < -0.39 is 34.9 Å². The first kappa shape index (κ1) is 26.4. The zero-order valence-electron chi connectivity index (χ0n) is 19.6. The predicted octanol–water partition coefficient (Wildman–Crippen LogP) is 4.25. The SMILES string of the molecule is Cc1nc2cc(C(F)(F)F)cc(C#N)c2c(=O)n1CCOc1ccc(Cl)cc1C1CCNC(C(=O)O)C1. The molecule has 2 heterocycles. The average molecular weight is 535 g/mol. The molecule has 1 aliphatic rings. The zero-order chi connectivity index (χ0) is 26.9. The fraction of sp³-hybridized carbons (Fsp3) is 0.360. The second-order valence-electron chi connectivity index (χ2n) is 8.74. The summed E-state index contributed by atoms with van der Waals surface area (Å²) in [7, 11) is 0. The van der Waals surface area contributed by atoms with Crippen molar-refractivity contribution in [2.75, 3.05) is 13.2 Å². The third-order valence-electron chi connectivity index (χ3n) is 6.38. The highest BCUT2D eigenvalue weighted by molar-refractivity contribution is 6.30. The van der Waals surface area contributed by atoms with Crippen molar-refractivity contribution in [2.45, 2.75) is 44.4 Å². The molecule has 194 valence electrons. The minimum Gasteiger partial charge on any atom is -0.491 e. The van der Waals surface area contributed by atoms with E-state index in [2.05, 4.69) is 10.3 Å². The van der Waals surface area contributed by atoms with Crippen LogP contribution in [0.15, 0.2) is 35.1 Å². The van der Waals surface area contributed by atoms with Crippen LogP contribution in [0.3, 0.4) is 0 Å². The zero-order valence-corrected chi connectivity index (χ0v) is 20.4. The van der Waals surface area contributed by atoms with Crippen molar-refractivity contribution in [3.63, 3.8) is 0 Å². The van der Waals surface area contributed by atoms with Crippen molar-refractivity contribution in [1.29, 1.82) is 5.26 Å². The number of benzene rings is 2. The number of hydrogen-bond acceptors (Lipinski definition) is 6. The van der Waals surface area contributed by atoms with Gasteiger partial charge in [0.25, 0.3) is 5.56 Å². The minimum absolute atomic E-state index is 0.0123. The Balaban J connectivity index is 1.60. The van der Waals surface area contributed by atoms with Crippen LogP contribution in [-0.2, 0) is 17.5 Å². The van der Waals surface area contributed by atoms with Gasteiger partial charge in [0.2, 0.25) is 0 Å². The van der Waals surface area contributed by atoms with E-state index in [1.54, 1.807) is 24.3 Å². The van der Waals surface area contributed by atoms with Gasteiger partial charge in [0.1, 0.15) is 30.3 Å². The Morgan fingerprint density at radius 2 is 2.11 bits per heavy atom. The highest BCUT2D eigenvalue weighted by Crippen LogP contribution is 2.36. The maximum atomic E-state index is 13.2. The van der Waals surface area contributed by atoms with Gasteiger partial charge in [-0.15, -0.1) is 0 Å². The van der Waals surface area contributed by atoms with E-state index in [0.717, 1.165) is 11.6 Å². The summed E-state index contributed by atoms with van der Waals surface area (Å²) in [6, 6.07) is 7.43. The molecular formula is C25H22ClF3N4O4. The summed E-state index contributed by atoms with van der Waals surface area (Å²) in [6.45, 7) is 2.04. The lowest BCUT2D eigenvalue weighted by atomic mass is 9.86. The Morgan fingerprint density at radius 3 is 2.78 bits per heavy atom. The predicted molar refractivity (Wildman–Crippen MR) is 129 cm³/mol. The summed E-state index contributed by atoms with van der Waals surface area (Å²) in [5, 5.41) is 22.0. The Labute approximate surface area is 214 Å². The molecule has 1 fully saturated rings. The van der Waals surface area contributed by atoms with Gasteiger partial charge in [-0.05, 0) is 68.1 Å². The molecule has 0 bridgehead atoms. The van der Waals surface area contributed by atoms with Crippen LogP contribution in [0.4, 0.5) is 13.2 Å². The summed E-state index contributed by atoms with van der Waals surface area (Å²) in [5.74, 6) is -0.383. The Hall–Kier alpha value is -3.62. The number of ether oxygens (including phenoxy) is 1. The quantitative estimate of drug-likeness (QED) is 0.485. The van der Waals surface area contributed by atoms with Crippen LogP contribution in [0, 0.1) is 18.3 Å². The van der Waals surface area contributed by atoms with Crippen molar-refractivity contribution < 1.29 is 27.8 Å². The highest BCUT2D eigenvalue weighted by atomic mass is 35.5. The van der Waals surface area contributed by atoms with Gasteiger partial charge >= 0.3 is 12.1 Å². The van der Waals surface area contributed by atoms with Gasteiger partial charge in [0, 0.05) is 5.02 Å². The molecule has 3 aromatic rings. The van der Waals surface area contributed by atoms with Gasteiger partial charge < -0.3 is 15.2 Å². The number of fused-ring (bicyclic) bond motifs is 1. The number of nitrogens with one attached hydrogen (secondary N) is 1. The van der Waals surface area contributed by atoms with Crippen molar-refractivity contribution in [1.82, 2.24) is 14.9 Å². The molecule has 1 saturated heterocycles. The first-order chi connectivity index (χ1) is 17.5. The summed E-state index contributed by atoms with van der Waals surface area (Å²) in [4.78, 5) is 28.7. The van der Waals surface area contributed by atoms with Crippen LogP contribution in [-0.4, -0.2) is 39.8 Å². The molecule has 0 radical (unpaired) electrons. The Bertz CT molecular complexity index is 1470. The lowest BCUT2D eigenvalue weighted by molar-refractivity contribution is -0.140. The van der Waals surface area contributed by atoms with Crippen molar-refractivity contribution >= 4 is 28.5 Å². The van der Waals surface area contributed by atoms with Crippen molar-refractivity contribution in [3.05, 3.63) is 68.2 Å². The molecule has 12 heteroatoms. The summed E-state index contributed by atoms with van der Waals surface area (Å²) in [6.07, 6.45) is -3.65. The number of hydrogen-bond donors (Lipinski definition) is 2. The number of nitriles is 1. The smallest absolute Gasteiger partial charge is 0.416 e. The van der Waals surface area contributed by atoms with Crippen molar-refractivity contribution in [2.24, 2.45) is 0 Å². The fourth-order valence-corrected chi connectivity index (χ4v) is 4.76. The summed E-state index contributed by atoms with van der Waals surface area (Å²) in [5.41, 5.74) is -1.55. The molecule has 8 nitrogen and oxygen atoms in total. The standard InChI is InChI=1S/C25H22ClF3N4O4/c1-13-32-19-10-16(25(27,28)29)8-15(12-30)22(19)23(34)33(13)6-7-37-21-3-2-17(26)11-18(21)14-4-5-31-20(9-14)24(35)36/h2-3,8,10-11,14,20,31H,4-7,9H2,1H3,(H,35,36). The van der Waals surface area contributed by atoms with Gasteiger partial charge in [0.15, 0.2) is 0 Å². The van der Waals surface area contributed by atoms with E-state index in [9.17, 15) is 33.1 Å². The lowest BCUT2D eigenvalue weighted by Crippen LogP contribution is -2.42. The number of nitrogens with zero attached hydrogens (tertiary/aromatic N) is 3. The van der Waals surface area contributed by atoms with E-state index >= 15 is 0 Å². The molecule has 37 heavy (non-hydrogen) atoms. The molecule has 1 aromatic heterocycles. The number of carbonyl (C=O) groups is 1. The second kappa shape index (κ2) is 10.4. The normalized spacial score (nSPS) is 17.9. The highest BCUT2D eigenvalue weighted by Gasteiger charge is 2.32. The van der Waals surface area contributed by atoms with E-state index in [0.29, 0.717) is 36.2 Å². The van der Waals surface area contributed by atoms with Gasteiger partial charge in [-0.1, -0.05) is 11.6 Å². The number of aryl methyl sites for hydroxylation is 1. The summed E-state index contributed by atoms with van der Waals surface area (Å²) >= 11 is 6.19. The molecule has 0 saturated carbocycles. The Kier molecular flexibility index (Phi) is 7.43. The number of carboxylic acids is 1. The van der Waals surface area contributed by atoms with Gasteiger partial charge in [0.05, 0.1) is 28.6 Å². The van der Waals surface area contributed by atoms with Crippen LogP contribution < -0.4 is 15.6 Å². The first-order valence-electron chi connectivity index (χ1n) is 11.4. The topological polar surface area (TPSA) is 117 Å². The summed E-state index contributed by atoms with van der Waals surface area (Å²) < 4.78 is 46.9. The molecule has 0 aliphatic carbocycles. The largest absolute Gasteiger partial charge is 0.491 e. The maximum absolute atomic E-state index is 13.2. The number of aromatic nitrogens is 2.